The Labute approximate surface area is 178 Å². The van der Waals surface area contributed by atoms with Crippen LogP contribution in [-0.2, 0) is 9.47 Å². The van der Waals surface area contributed by atoms with Crippen molar-refractivity contribution in [2.24, 2.45) is 0 Å². The Hall–Kier alpha value is 0.500. The monoisotopic (exact) mass is 466 g/mol. The minimum absolute atomic E-state index is 0.0960. The third kappa shape index (κ3) is 58.5. The maximum atomic E-state index is 8.53. The van der Waals surface area contributed by atoms with Gasteiger partial charge in [0, 0.05) is 6.61 Å². The van der Waals surface area contributed by atoms with Gasteiger partial charge in [-0.15, -0.1) is 0 Å². The molecule has 0 radical (unpaired) electrons. The van der Waals surface area contributed by atoms with Crippen LogP contribution in [0.3, 0.4) is 0 Å². The molecule has 0 amide bonds. The summed E-state index contributed by atoms with van der Waals surface area (Å²) in [5.41, 5.74) is 0. The molecule has 0 aliphatic carbocycles. The highest BCUT2D eigenvalue weighted by atomic mass is 31.2. The molecular formula is C18H44O9P2. The van der Waals surface area contributed by atoms with E-state index in [0.717, 1.165) is 13.0 Å². The van der Waals surface area contributed by atoms with Gasteiger partial charge >= 0.3 is 17.2 Å². The number of hydrogen-bond acceptors (Lipinski definition) is 9. The molecule has 0 unspecified atom stereocenters. The van der Waals surface area contributed by atoms with Gasteiger partial charge in [-0.2, -0.15) is 0 Å². The summed E-state index contributed by atoms with van der Waals surface area (Å²) in [4.78, 5) is 43.4. The van der Waals surface area contributed by atoms with E-state index in [9.17, 15) is 0 Å². The van der Waals surface area contributed by atoms with Crippen molar-refractivity contribution in [1.29, 1.82) is 0 Å². The van der Waals surface area contributed by atoms with Crippen LogP contribution in [0.1, 0.15) is 84.0 Å². The van der Waals surface area contributed by atoms with Gasteiger partial charge in [0.05, 0.1) is 26.4 Å². The second-order valence-corrected chi connectivity index (χ2v) is 7.45. The van der Waals surface area contributed by atoms with Crippen LogP contribution in [-0.4, -0.2) is 67.5 Å². The Balaban J connectivity index is -0.000000712. The zero-order valence-electron chi connectivity index (χ0n) is 17.9. The highest BCUT2D eigenvalue weighted by Crippen LogP contribution is 2.12. The maximum Gasteiger partial charge on any atom is 0.324 e. The first kappa shape index (κ1) is 34.1. The Morgan fingerprint density at radius 3 is 1.14 bits per heavy atom. The summed E-state index contributed by atoms with van der Waals surface area (Å²) in [6.07, 6.45) is 16.5. The number of hydrogen-bond donors (Lipinski definition) is 7. The molecule has 0 aromatic heterocycles. The lowest BCUT2D eigenvalue weighted by Crippen LogP contribution is -2.07. The molecule has 0 saturated heterocycles. The summed E-state index contributed by atoms with van der Waals surface area (Å²) < 4.78 is 10.6. The van der Waals surface area contributed by atoms with Crippen molar-refractivity contribution in [3.8, 4) is 0 Å². The first-order valence-electron chi connectivity index (χ1n) is 10.4. The standard InChI is InChI=1S/C18H38O3.2H3O3P/c1-2-3-4-5-6-7-8-9-10-11-12-13-15-20-17-18-21-16-14-19;2*1-4(2)3/h19H,2-18H2,1H3;2*1-3H. The number of unbranched alkanes of at least 4 members (excludes halogenated alkanes) is 11. The zero-order chi connectivity index (χ0) is 22.6. The minimum Gasteiger partial charge on any atom is -0.394 e. The Kier molecular flexibility index (Phi) is 39.0. The fraction of sp³-hybridized carbons (Fsp3) is 1.00. The molecule has 0 aliphatic heterocycles. The fourth-order valence-corrected chi connectivity index (χ4v) is 2.43. The van der Waals surface area contributed by atoms with E-state index in [0.29, 0.717) is 19.8 Å². The van der Waals surface area contributed by atoms with Crippen LogP contribution < -0.4 is 0 Å². The van der Waals surface area contributed by atoms with Crippen molar-refractivity contribution >= 4 is 17.2 Å². The molecule has 29 heavy (non-hydrogen) atoms. The molecule has 0 bridgehead atoms. The predicted octanol–water partition coefficient (Wildman–Crippen LogP) is 3.09. The second-order valence-electron chi connectivity index (χ2n) is 6.37. The summed E-state index contributed by atoms with van der Waals surface area (Å²) >= 11 is 0. The molecule has 0 heterocycles. The predicted molar refractivity (Wildman–Crippen MR) is 117 cm³/mol. The molecule has 180 valence electrons. The first-order valence-corrected chi connectivity index (χ1v) is 12.8. The van der Waals surface area contributed by atoms with Gasteiger partial charge in [0.2, 0.25) is 0 Å². The third-order valence-electron chi connectivity index (χ3n) is 3.75. The van der Waals surface area contributed by atoms with E-state index in [2.05, 4.69) is 6.92 Å². The molecule has 9 nitrogen and oxygen atoms in total. The van der Waals surface area contributed by atoms with E-state index in [1.165, 1.54) is 70.6 Å². The van der Waals surface area contributed by atoms with E-state index < -0.39 is 17.2 Å². The summed E-state index contributed by atoms with van der Waals surface area (Å²) in [5, 5.41) is 8.53. The summed E-state index contributed by atoms with van der Waals surface area (Å²) in [7, 11) is -5.24. The molecule has 11 heteroatoms. The van der Waals surface area contributed by atoms with Gasteiger partial charge in [-0.1, -0.05) is 77.6 Å². The lowest BCUT2D eigenvalue weighted by molar-refractivity contribution is 0.0321. The van der Waals surface area contributed by atoms with Gasteiger partial charge in [-0.25, -0.2) is 0 Å². The van der Waals surface area contributed by atoms with Crippen LogP contribution in [0.4, 0.5) is 0 Å². The Bertz CT molecular complexity index is 234. The SMILES string of the molecule is CCCCCCCCCCCCCCOCCOCCO.OP(O)O.OP(O)O. The van der Waals surface area contributed by atoms with Crippen molar-refractivity contribution in [2.45, 2.75) is 84.0 Å². The second kappa shape index (κ2) is 33.1. The highest BCUT2D eigenvalue weighted by molar-refractivity contribution is 7.38. The van der Waals surface area contributed by atoms with Crippen LogP contribution in [0.2, 0.25) is 0 Å². The van der Waals surface area contributed by atoms with Gasteiger partial charge in [-0.3, -0.25) is 0 Å². The quantitative estimate of drug-likeness (QED) is 0.119. The largest absolute Gasteiger partial charge is 0.394 e. The normalized spacial score (nSPS) is 10.6. The number of rotatable bonds is 18. The average Bonchev–Trinajstić information content (AvgIpc) is 2.63. The van der Waals surface area contributed by atoms with Gasteiger partial charge < -0.3 is 43.9 Å². The van der Waals surface area contributed by atoms with Crippen LogP contribution in [0.25, 0.3) is 0 Å². The number of ether oxygens (including phenoxy) is 2. The van der Waals surface area contributed by atoms with Gasteiger partial charge in [0.15, 0.2) is 0 Å². The number of aliphatic hydroxyl groups excluding tert-OH is 1. The van der Waals surface area contributed by atoms with Crippen molar-refractivity contribution in [1.82, 2.24) is 0 Å². The molecule has 0 spiro atoms. The average molecular weight is 466 g/mol. The summed E-state index contributed by atoms with van der Waals surface area (Å²) in [5.74, 6) is 0. The van der Waals surface area contributed by atoms with Crippen molar-refractivity contribution in [2.75, 3.05) is 33.0 Å². The van der Waals surface area contributed by atoms with E-state index in [1.807, 2.05) is 0 Å². The molecule has 0 aromatic rings. The molecule has 0 atom stereocenters. The van der Waals surface area contributed by atoms with E-state index in [-0.39, 0.29) is 6.61 Å². The lowest BCUT2D eigenvalue weighted by atomic mass is 10.1. The molecular weight excluding hydrogens is 422 g/mol. The van der Waals surface area contributed by atoms with Crippen LogP contribution in [0.15, 0.2) is 0 Å². The van der Waals surface area contributed by atoms with Crippen molar-refractivity contribution < 1.29 is 43.9 Å². The zero-order valence-corrected chi connectivity index (χ0v) is 19.7. The molecule has 0 saturated carbocycles. The first-order chi connectivity index (χ1) is 13.9. The molecule has 0 aliphatic rings. The van der Waals surface area contributed by atoms with Crippen LogP contribution in [0.5, 0.6) is 0 Å². The topological polar surface area (TPSA) is 160 Å². The fourth-order valence-electron chi connectivity index (χ4n) is 2.43. The summed E-state index contributed by atoms with van der Waals surface area (Å²) in [6, 6.07) is 0. The Morgan fingerprint density at radius 1 is 0.483 bits per heavy atom. The minimum atomic E-state index is -2.62. The highest BCUT2D eigenvalue weighted by Gasteiger charge is 1.94. The third-order valence-corrected chi connectivity index (χ3v) is 3.75. The molecule has 7 N–H and O–H groups in total. The van der Waals surface area contributed by atoms with Crippen LogP contribution in [0, 0.1) is 0 Å². The lowest BCUT2D eigenvalue weighted by Gasteiger charge is -2.05. The van der Waals surface area contributed by atoms with Crippen molar-refractivity contribution in [3.05, 3.63) is 0 Å². The number of aliphatic hydroxyl groups is 1. The van der Waals surface area contributed by atoms with Crippen molar-refractivity contribution in [3.63, 3.8) is 0 Å². The maximum absolute atomic E-state index is 8.53. The molecule has 0 rings (SSSR count). The summed E-state index contributed by atoms with van der Waals surface area (Å²) in [6.45, 7) is 4.88. The van der Waals surface area contributed by atoms with E-state index >= 15 is 0 Å². The van der Waals surface area contributed by atoms with Gasteiger partial charge in [-0.05, 0) is 6.42 Å². The molecule has 0 fully saturated rings. The van der Waals surface area contributed by atoms with E-state index in [4.69, 9.17) is 43.9 Å². The smallest absolute Gasteiger partial charge is 0.324 e. The van der Waals surface area contributed by atoms with Crippen LogP contribution >= 0.6 is 17.2 Å². The Morgan fingerprint density at radius 2 is 0.793 bits per heavy atom. The van der Waals surface area contributed by atoms with E-state index in [1.54, 1.807) is 0 Å². The van der Waals surface area contributed by atoms with Gasteiger partial charge in [0.25, 0.3) is 0 Å². The molecule has 0 aromatic carbocycles. The van der Waals surface area contributed by atoms with Gasteiger partial charge in [0.1, 0.15) is 0 Å².